The molecule has 0 N–H and O–H groups in total. The first kappa shape index (κ1) is 18.9. The van der Waals surface area contributed by atoms with Crippen molar-refractivity contribution in [2.24, 2.45) is 0 Å². The van der Waals surface area contributed by atoms with Crippen molar-refractivity contribution < 1.29 is 18.9 Å². The van der Waals surface area contributed by atoms with Crippen LogP contribution in [0.25, 0.3) is 0 Å². The minimum Gasteiger partial charge on any atom is -0.497 e. The van der Waals surface area contributed by atoms with Crippen LogP contribution in [-0.2, 0) is 13.2 Å². The number of hydrogen-bond acceptors (Lipinski definition) is 4. The van der Waals surface area contributed by atoms with Gasteiger partial charge in [0.2, 0.25) is 0 Å². The zero-order valence-corrected chi connectivity index (χ0v) is 16.0. The van der Waals surface area contributed by atoms with E-state index >= 15 is 0 Å². The van der Waals surface area contributed by atoms with Gasteiger partial charge in [-0.3, -0.25) is 0 Å². The summed E-state index contributed by atoms with van der Waals surface area (Å²) in [6, 6.07) is 21.7. The Morgan fingerprint density at radius 2 is 1.26 bits per heavy atom. The molecule has 0 fully saturated rings. The third-order valence-electron chi connectivity index (χ3n) is 3.96. The molecule has 0 spiro atoms. The lowest BCUT2D eigenvalue weighted by Crippen LogP contribution is -2.01. The van der Waals surface area contributed by atoms with Crippen molar-refractivity contribution in [2.75, 3.05) is 14.2 Å². The Balaban J connectivity index is 1.67. The van der Waals surface area contributed by atoms with Crippen molar-refractivity contribution in [1.29, 1.82) is 0 Å². The molecule has 3 rings (SSSR count). The third kappa shape index (κ3) is 5.08. The molecule has 0 bridgehead atoms. The van der Waals surface area contributed by atoms with Gasteiger partial charge >= 0.3 is 0 Å². The molecule has 1 radical (unpaired) electrons. The van der Waals surface area contributed by atoms with Gasteiger partial charge < -0.3 is 18.9 Å². The summed E-state index contributed by atoms with van der Waals surface area (Å²) in [4.78, 5) is 0. The van der Waals surface area contributed by atoms with Gasteiger partial charge in [0, 0.05) is 0 Å². The molecule has 4 nitrogen and oxygen atoms in total. The molecule has 27 heavy (non-hydrogen) atoms. The highest BCUT2D eigenvalue weighted by molar-refractivity contribution is 6.32. The summed E-state index contributed by atoms with van der Waals surface area (Å²) < 4.78 is 22.1. The van der Waals surface area contributed by atoms with Crippen LogP contribution in [0.3, 0.4) is 0 Å². The summed E-state index contributed by atoms with van der Waals surface area (Å²) in [7, 11) is 3.28. The van der Waals surface area contributed by atoms with Crippen LogP contribution in [0.2, 0.25) is 5.02 Å². The maximum atomic E-state index is 6.29. The van der Waals surface area contributed by atoms with Crippen LogP contribution in [0.4, 0.5) is 0 Å². The van der Waals surface area contributed by atoms with Crippen LogP contribution >= 0.6 is 11.6 Å². The Bertz CT molecular complexity index is 860. The van der Waals surface area contributed by atoms with Crippen LogP contribution in [-0.4, -0.2) is 14.2 Å². The average molecular weight is 384 g/mol. The van der Waals surface area contributed by atoms with Gasteiger partial charge in [-0.25, -0.2) is 0 Å². The molecule has 0 saturated carbocycles. The normalized spacial score (nSPS) is 10.3. The van der Waals surface area contributed by atoms with E-state index in [0.717, 1.165) is 22.6 Å². The van der Waals surface area contributed by atoms with E-state index in [9.17, 15) is 0 Å². The van der Waals surface area contributed by atoms with E-state index < -0.39 is 0 Å². The lowest BCUT2D eigenvalue weighted by molar-refractivity contribution is 0.256. The summed E-state index contributed by atoms with van der Waals surface area (Å²) in [5, 5.41) is 0.454. The number of rotatable bonds is 8. The number of methoxy groups -OCH3 is 2. The maximum Gasteiger partial charge on any atom is 0.180 e. The number of hydrogen-bond donors (Lipinski definition) is 0. The first-order valence-electron chi connectivity index (χ1n) is 8.40. The molecule has 0 saturated heterocycles. The Labute approximate surface area is 164 Å². The van der Waals surface area contributed by atoms with E-state index in [-0.39, 0.29) is 0 Å². The average Bonchev–Trinajstić information content (AvgIpc) is 2.72. The minimum atomic E-state index is 0.368. The molecule has 0 heterocycles. The molecular weight excluding hydrogens is 364 g/mol. The van der Waals surface area contributed by atoms with Gasteiger partial charge in [-0.2, -0.15) is 0 Å². The van der Waals surface area contributed by atoms with Gasteiger partial charge in [0.15, 0.2) is 11.5 Å². The van der Waals surface area contributed by atoms with Gasteiger partial charge in [-0.05, 0) is 53.6 Å². The number of halogens is 1. The summed E-state index contributed by atoms with van der Waals surface area (Å²) in [6.45, 7) is 0.754. The molecule has 5 heteroatoms. The fourth-order valence-electron chi connectivity index (χ4n) is 2.45. The number of benzene rings is 3. The highest BCUT2D eigenvalue weighted by Gasteiger charge is 2.11. The van der Waals surface area contributed by atoms with Crippen molar-refractivity contribution in [3.05, 3.63) is 82.9 Å². The van der Waals surface area contributed by atoms with Gasteiger partial charge in [-0.1, -0.05) is 35.9 Å². The van der Waals surface area contributed by atoms with Crippen LogP contribution in [0.1, 0.15) is 11.1 Å². The van der Waals surface area contributed by atoms with E-state index in [1.807, 2.05) is 48.5 Å². The quantitative estimate of drug-likeness (QED) is 0.528. The van der Waals surface area contributed by atoms with Crippen LogP contribution in [0, 0.1) is 6.07 Å². The van der Waals surface area contributed by atoms with Crippen molar-refractivity contribution in [3.63, 3.8) is 0 Å². The lowest BCUT2D eigenvalue weighted by Gasteiger charge is -2.14. The molecule has 0 aliphatic heterocycles. The zero-order chi connectivity index (χ0) is 19.1. The molecule has 0 aliphatic carbocycles. The highest BCUT2D eigenvalue weighted by Crippen LogP contribution is 2.35. The van der Waals surface area contributed by atoms with Gasteiger partial charge in [0.05, 0.1) is 19.2 Å². The molecule has 3 aromatic carbocycles. The Morgan fingerprint density at radius 1 is 0.741 bits per heavy atom. The smallest absolute Gasteiger partial charge is 0.180 e. The van der Waals surface area contributed by atoms with E-state index in [0.29, 0.717) is 29.7 Å². The second kappa shape index (κ2) is 9.19. The molecule has 3 aromatic rings. The standard InChI is InChI=1S/C22H20ClO4/c1-24-18-10-6-16(7-11-18)14-26-21-5-3-4-20(23)22(21)27-15-17-8-12-19(25-2)13-9-17/h4-13H,14-15H2,1-2H3. The molecule has 0 aromatic heterocycles. The molecule has 0 aliphatic rings. The van der Waals surface area contributed by atoms with Crippen molar-refractivity contribution in [2.45, 2.75) is 13.2 Å². The predicted molar refractivity (Wildman–Crippen MR) is 105 cm³/mol. The third-order valence-corrected chi connectivity index (χ3v) is 4.24. The van der Waals surface area contributed by atoms with Crippen molar-refractivity contribution >= 4 is 11.6 Å². The maximum absolute atomic E-state index is 6.29. The predicted octanol–water partition coefficient (Wildman–Crippen LogP) is 5.32. The molecule has 139 valence electrons. The van der Waals surface area contributed by atoms with E-state index in [1.54, 1.807) is 26.4 Å². The number of ether oxygens (including phenoxy) is 4. The van der Waals surface area contributed by atoms with Crippen molar-refractivity contribution in [1.82, 2.24) is 0 Å². The molecule has 0 unspecified atom stereocenters. The monoisotopic (exact) mass is 383 g/mol. The largest absolute Gasteiger partial charge is 0.497 e. The first-order valence-corrected chi connectivity index (χ1v) is 8.78. The van der Waals surface area contributed by atoms with Crippen LogP contribution < -0.4 is 18.9 Å². The van der Waals surface area contributed by atoms with Crippen LogP contribution in [0.15, 0.2) is 60.7 Å². The topological polar surface area (TPSA) is 36.9 Å². The second-order valence-corrected chi connectivity index (χ2v) is 6.18. The molecular formula is C22H20ClO4. The highest BCUT2D eigenvalue weighted by atomic mass is 35.5. The van der Waals surface area contributed by atoms with Gasteiger partial charge in [0.25, 0.3) is 0 Å². The SMILES string of the molecule is COc1ccc(COc2c[c]cc(Cl)c2OCc2ccc(OC)cc2)cc1. The molecule has 0 atom stereocenters. The summed E-state index contributed by atoms with van der Waals surface area (Å²) in [5.41, 5.74) is 2.01. The summed E-state index contributed by atoms with van der Waals surface area (Å²) >= 11 is 6.29. The Kier molecular flexibility index (Phi) is 6.44. The summed E-state index contributed by atoms with van der Waals surface area (Å²) in [5.74, 6) is 2.65. The van der Waals surface area contributed by atoms with Crippen molar-refractivity contribution in [3.8, 4) is 23.0 Å². The Hall–Kier alpha value is -2.85. The first-order chi connectivity index (χ1) is 13.2. The van der Waals surface area contributed by atoms with Crippen LogP contribution in [0.5, 0.6) is 23.0 Å². The Morgan fingerprint density at radius 3 is 1.78 bits per heavy atom. The van der Waals surface area contributed by atoms with E-state index in [2.05, 4.69) is 6.07 Å². The zero-order valence-electron chi connectivity index (χ0n) is 15.2. The molecule has 0 amide bonds. The fraction of sp³-hybridized carbons (Fsp3) is 0.182. The fourth-order valence-corrected chi connectivity index (χ4v) is 2.66. The lowest BCUT2D eigenvalue weighted by atomic mass is 10.2. The second-order valence-electron chi connectivity index (χ2n) is 5.77. The van der Waals surface area contributed by atoms with E-state index in [4.69, 9.17) is 30.5 Å². The minimum absolute atomic E-state index is 0.368. The van der Waals surface area contributed by atoms with Gasteiger partial charge in [-0.15, -0.1) is 0 Å². The van der Waals surface area contributed by atoms with E-state index in [1.165, 1.54) is 0 Å². The summed E-state index contributed by atoms with van der Waals surface area (Å²) in [6.07, 6.45) is 0. The van der Waals surface area contributed by atoms with Gasteiger partial charge in [0.1, 0.15) is 24.7 Å².